The van der Waals surface area contributed by atoms with Crippen LogP contribution < -0.4 is 4.74 Å². The second-order valence-electron chi connectivity index (χ2n) is 4.61. The van der Waals surface area contributed by atoms with Gasteiger partial charge in [0.1, 0.15) is 17.2 Å². The summed E-state index contributed by atoms with van der Waals surface area (Å²) in [6, 6.07) is 7.97. The Bertz CT molecular complexity index is 555. The molecule has 0 bridgehead atoms. The molecule has 1 aromatic heterocycles. The maximum Gasteiger partial charge on any atom is 0.136 e. The first kappa shape index (κ1) is 14.8. The van der Waals surface area contributed by atoms with Crippen LogP contribution in [0.4, 0.5) is 0 Å². The monoisotopic (exact) mass is 290 g/mol. The van der Waals surface area contributed by atoms with Gasteiger partial charge in [-0.1, -0.05) is 31.9 Å². The molecule has 20 heavy (non-hydrogen) atoms. The molecule has 0 aliphatic carbocycles. The van der Waals surface area contributed by atoms with Crippen LogP contribution in [0.1, 0.15) is 32.3 Å². The molecule has 2 aromatic rings. The minimum atomic E-state index is 0.545. The highest BCUT2D eigenvalue weighted by Crippen LogP contribution is 2.28. The molecule has 0 radical (unpaired) electrons. The Morgan fingerprint density at radius 1 is 1.05 bits per heavy atom. The summed E-state index contributed by atoms with van der Waals surface area (Å²) < 4.78 is 5.59. The lowest BCUT2D eigenvalue weighted by molar-refractivity contribution is 0.317. The first-order valence-electron chi connectivity index (χ1n) is 6.98. The molecule has 3 nitrogen and oxygen atoms in total. The van der Waals surface area contributed by atoms with E-state index in [1.807, 2.05) is 24.3 Å². The van der Waals surface area contributed by atoms with Gasteiger partial charge in [0.2, 0.25) is 0 Å². The average molecular weight is 291 g/mol. The van der Waals surface area contributed by atoms with E-state index in [0.29, 0.717) is 5.15 Å². The van der Waals surface area contributed by atoms with E-state index in [4.69, 9.17) is 16.3 Å². The van der Waals surface area contributed by atoms with Gasteiger partial charge in [0.05, 0.1) is 12.3 Å². The smallest absolute Gasteiger partial charge is 0.136 e. The van der Waals surface area contributed by atoms with Crippen molar-refractivity contribution in [3.63, 3.8) is 0 Å². The standard InChI is InChI=1S/C16H19ClN2O/c1-3-5-14-15(18-11-19-16(14)17)12-6-8-13(9-7-12)20-10-4-2/h6-9,11H,3-5,10H2,1-2H3. The van der Waals surface area contributed by atoms with Crippen LogP contribution in [0.5, 0.6) is 5.75 Å². The van der Waals surface area contributed by atoms with E-state index in [1.54, 1.807) is 0 Å². The van der Waals surface area contributed by atoms with E-state index in [-0.39, 0.29) is 0 Å². The highest BCUT2D eigenvalue weighted by Gasteiger charge is 2.11. The second-order valence-corrected chi connectivity index (χ2v) is 4.97. The third-order valence-electron chi connectivity index (χ3n) is 2.99. The van der Waals surface area contributed by atoms with E-state index >= 15 is 0 Å². The molecule has 0 fully saturated rings. The van der Waals surface area contributed by atoms with Gasteiger partial charge in [-0.05, 0) is 37.1 Å². The lowest BCUT2D eigenvalue weighted by Crippen LogP contribution is -1.97. The summed E-state index contributed by atoms with van der Waals surface area (Å²) in [4.78, 5) is 8.46. The Morgan fingerprint density at radius 2 is 1.80 bits per heavy atom. The number of nitrogens with zero attached hydrogens (tertiary/aromatic N) is 2. The van der Waals surface area contributed by atoms with Gasteiger partial charge in [-0.2, -0.15) is 0 Å². The number of benzene rings is 1. The summed E-state index contributed by atoms with van der Waals surface area (Å²) in [6.45, 7) is 4.95. The Hall–Kier alpha value is -1.61. The first-order chi connectivity index (χ1) is 9.76. The van der Waals surface area contributed by atoms with E-state index < -0.39 is 0 Å². The zero-order valence-electron chi connectivity index (χ0n) is 11.9. The lowest BCUT2D eigenvalue weighted by atomic mass is 10.0. The van der Waals surface area contributed by atoms with Crippen LogP contribution in [-0.2, 0) is 6.42 Å². The molecule has 0 spiro atoms. The third-order valence-corrected chi connectivity index (χ3v) is 3.32. The molecule has 1 heterocycles. The molecule has 2 rings (SSSR count). The fourth-order valence-electron chi connectivity index (χ4n) is 2.04. The van der Waals surface area contributed by atoms with Crippen molar-refractivity contribution >= 4 is 11.6 Å². The van der Waals surface area contributed by atoms with Crippen molar-refractivity contribution < 1.29 is 4.74 Å². The van der Waals surface area contributed by atoms with Crippen LogP contribution >= 0.6 is 11.6 Å². The van der Waals surface area contributed by atoms with Gasteiger partial charge in [0.15, 0.2) is 0 Å². The van der Waals surface area contributed by atoms with Crippen molar-refractivity contribution in [2.24, 2.45) is 0 Å². The van der Waals surface area contributed by atoms with Crippen LogP contribution in [0.15, 0.2) is 30.6 Å². The van der Waals surface area contributed by atoms with Crippen molar-refractivity contribution in [1.29, 1.82) is 0 Å². The SMILES string of the molecule is CCCOc1ccc(-c2ncnc(Cl)c2CCC)cc1. The van der Waals surface area contributed by atoms with E-state index in [2.05, 4.69) is 23.8 Å². The molecule has 0 saturated carbocycles. The topological polar surface area (TPSA) is 35.0 Å². The maximum atomic E-state index is 6.18. The first-order valence-corrected chi connectivity index (χ1v) is 7.36. The van der Waals surface area contributed by atoms with Crippen LogP contribution in [0.25, 0.3) is 11.3 Å². The summed E-state index contributed by atoms with van der Waals surface area (Å²) in [6.07, 6.45) is 4.41. The van der Waals surface area contributed by atoms with Crippen LogP contribution in [0.2, 0.25) is 5.15 Å². The zero-order valence-corrected chi connectivity index (χ0v) is 12.7. The molecule has 106 valence electrons. The molecule has 0 amide bonds. The Kier molecular flexibility index (Phi) is 5.36. The van der Waals surface area contributed by atoms with Gasteiger partial charge in [0.25, 0.3) is 0 Å². The molecule has 0 aliphatic rings. The number of aromatic nitrogens is 2. The van der Waals surface area contributed by atoms with E-state index in [0.717, 1.165) is 48.4 Å². The van der Waals surface area contributed by atoms with Gasteiger partial charge < -0.3 is 4.74 Å². The van der Waals surface area contributed by atoms with Crippen molar-refractivity contribution in [3.8, 4) is 17.0 Å². The Morgan fingerprint density at radius 3 is 2.45 bits per heavy atom. The summed E-state index contributed by atoms with van der Waals surface area (Å²) >= 11 is 6.18. The highest BCUT2D eigenvalue weighted by molar-refractivity contribution is 6.30. The van der Waals surface area contributed by atoms with Crippen molar-refractivity contribution in [2.75, 3.05) is 6.61 Å². The predicted molar refractivity (Wildman–Crippen MR) is 82.3 cm³/mol. The number of halogens is 1. The fraction of sp³-hybridized carbons (Fsp3) is 0.375. The average Bonchev–Trinajstić information content (AvgIpc) is 2.48. The summed E-state index contributed by atoms with van der Waals surface area (Å²) in [5.74, 6) is 0.882. The summed E-state index contributed by atoms with van der Waals surface area (Å²) in [5.41, 5.74) is 2.97. The van der Waals surface area contributed by atoms with Gasteiger partial charge >= 0.3 is 0 Å². The Balaban J connectivity index is 2.29. The summed E-state index contributed by atoms with van der Waals surface area (Å²) in [7, 11) is 0. The van der Waals surface area contributed by atoms with E-state index in [1.165, 1.54) is 6.33 Å². The second kappa shape index (κ2) is 7.25. The number of rotatable bonds is 6. The minimum Gasteiger partial charge on any atom is -0.494 e. The van der Waals surface area contributed by atoms with Crippen LogP contribution in [-0.4, -0.2) is 16.6 Å². The third kappa shape index (κ3) is 3.48. The van der Waals surface area contributed by atoms with Gasteiger partial charge in [-0.3, -0.25) is 0 Å². The molecular formula is C16H19ClN2O. The molecule has 0 saturated heterocycles. The predicted octanol–water partition coefficient (Wildman–Crippen LogP) is 4.54. The van der Waals surface area contributed by atoms with Gasteiger partial charge in [-0.25, -0.2) is 9.97 Å². The molecule has 0 unspecified atom stereocenters. The Labute approximate surface area is 125 Å². The minimum absolute atomic E-state index is 0.545. The quantitative estimate of drug-likeness (QED) is 0.733. The zero-order chi connectivity index (χ0) is 14.4. The molecule has 0 N–H and O–H groups in total. The molecule has 0 atom stereocenters. The number of hydrogen-bond acceptors (Lipinski definition) is 3. The van der Waals surface area contributed by atoms with Crippen LogP contribution in [0.3, 0.4) is 0 Å². The van der Waals surface area contributed by atoms with Crippen LogP contribution in [0, 0.1) is 0 Å². The molecular weight excluding hydrogens is 272 g/mol. The highest BCUT2D eigenvalue weighted by atomic mass is 35.5. The van der Waals surface area contributed by atoms with E-state index in [9.17, 15) is 0 Å². The largest absolute Gasteiger partial charge is 0.494 e. The number of hydrogen-bond donors (Lipinski definition) is 0. The maximum absolute atomic E-state index is 6.18. The molecule has 1 aromatic carbocycles. The lowest BCUT2D eigenvalue weighted by Gasteiger charge is -2.10. The van der Waals surface area contributed by atoms with Crippen molar-refractivity contribution in [3.05, 3.63) is 41.3 Å². The summed E-state index contributed by atoms with van der Waals surface area (Å²) in [5, 5.41) is 0.545. The normalized spacial score (nSPS) is 10.6. The van der Waals surface area contributed by atoms with Gasteiger partial charge in [-0.15, -0.1) is 0 Å². The van der Waals surface area contributed by atoms with Crippen molar-refractivity contribution in [2.45, 2.75) is 33.1 Å². The fourth-order valence-corrected chi connectivity index (χ4v) is 2.27. The molecule has 4 heteroatoms. The van der Waals surface area contributed by atoms with Gasteiger partial charge in [0, 0.05) is 11.1 Å². The number of ether oxygens (including phenoxy) is 1. The molecule has 0 aliphatic heterocycles. The van der Waals surface area contributed by atoms with Crippen molar-refractivity contribution in [1.82, 2.24) is 9.97 Å².